The second kappa shape index (κ2) is 3.11. The lowest BCUT2D eigenvalue weighted by Crippen LogP contribution is -2.15. The Hall–Kier alpha value is -0.800. The Labute approximate surface area is 90.6 Å². The molecule has 1 aliphatic rings. The van der Waals surface area contributed by atoms with Crippen molar-refractivity contribution in [3.05, 3.63) is 34.4 Å². The fourth-order valence-corrected chi connectivity index (χ4v) is 2.39. The number of benzene rings is 1. The third-order valence-electron chi connectivity index (χ3n) is 2.66. The van der Waals surface area contributed by atoms with Gasteiger partial charge in [0.25, 0.3) is 0 Å². The summed E-state index contributed by atoms with van der Waals surface area (Å²) in [5, 5.41) is 1.29. The second-order valence-electron chi connectivity index (χ2n) is 3.54. The summed E-state index contributed by atoms with van der Waals surface area (Å²) in [4.78, 5) is 0. The van der Waals surface area contributed by atoms with Crippen LogP contribution in [0.3, 0.4) is 0 Å². The standard InChI is InChI=1S/C11H10BrNO/c12-9-1-2-11-8(5-9)6-10-7-14-4-3-13(10)11/h1-2,5-6H,3-4,7H2. The van der Waals surface area contributed by atoms with Crippen LogP contribution in [-0.2, 0) is 17.9 Å². The molecule has 2 heterocycles. The van der Waals surface area contributed by atoms with Crippen LogP contribution in [0, 0.1) is 0 Å². The van der Waals surface area contributed by atoms with E-state index in [2.05, 4.69) is 44.8 Å². The van der Waals surface area contributed by atoms with E-state index < -0.39 is 0 Å². The second-order valence-corrected chi connectivity index (χ2v) is 4.46. The lowest BCUT2D eigenvalue weighted by molar-refractivity contribution is 0.0865. The van der Waals surface area contributed by atoms with Crippen LogP contribution in [0.1, 0.15) is 5.69 Å². The van der Waals surface area contributed by atoms with Gasteiger partial charge in [0, 0.05) is 27.6 Å². The first kappa shape index (κ1) is 8.50. The molecule has 0 bridgehead atoms. The molecule has 0 spiro atoms. The molecule has 72 valence electrons. The molecule has 0 atom stereocenters. The average Bonchev–Trinajstić information content (AvgIpc) is 2.54. The summed E-state index contributed by atoms with van der Waals surface area (Å²) in [6.45, 7) is 2.54. The zero-order chi connectivity index (χ0) is 9.54. The van der Waals surface area contributed by atoms with Crippen molar-refractivity contribution >= 4 is 26.8 Å². The Morgan fingerprint density at radius 2 is 2.21 bits per heavy atom. The number of rotatable bonds is 0. The van der Waals surface area contributed by atoms with Crippen molar-refractivity contribution in [1.29, 1.82) is 0 Å². The molecule has 0 N–H and O–H groups in total. The molecule has 14 heavy (non-hydrogen) atoms. The third kappa shape index (κ3) is 1.20. The highest BCUT2D eigenvalue weighted by atomic mass is 79.9. The van der Waals surface area contributed by atoms with E-state index in [0.717, 1.165) is 24.2 Å². The monoisotopic (exact) mass is 251 g/mol. The number of nitrogens with zero attached hydrogens (tertiary/aromatic N) is 1. The largest absolute Gasteiger partial charge is 0.373 e. The van der Waals surface area contributed by atoms with E-state index in [-0.39, 0.29) is 0 Å². The minimum absolute atomic E-state index is 0.742. The van der Waals surface area contributed by atoms with Crippen LogP contribution >= 0.6 is 15.9 Å². The van der Waals surface area contributed by atoms with Gasteiger partial charge in [-0.05, 0) is 24.3 Å². The number of aromatic nitrogens is 1. The molecule has 2 aromatic rings. The van der Waals surface area contributed by atoms with Gasteiger partial charge in [-0.3, -0.25) is 0 Å². The van der Waals surface area contributed by atoms with E-state index in [1.807, 2.05) is 0 Å². The van der Waals surface area contributed by atoms with Crippen LogP contribution in [0.4, 0.5) is 0 Å². The topological polar surface area (TPSA) is 14.2 Å². The van der Waals surface area contributed by atoms with Gasteiger partial charge < -0.3 is 9.30 Å². The summed E-state index contributed by atoms with van der Waals surface area (Å²) >= 11 is 3.49. The van der Waals surface area contributed by atoms with E-state index in [9.17, 15) is 0 Å². The zero-order valence-corrected chi connectivity index (χ0v) is 9.25. The average molecular weight is 252 g/mol. The highest BCUT2D eigenvalue weighted by molar-refractivity contribution is 9.10. The molecule has 1 aromatic heterocycles. The summed E-state index contributed by atoms with van der Waals surface area (Å²) in [5.41, 5.74) is 2.59. The molecular formula is C11H10BrNO. The summed E-state index contributed by atoms with van der Waals surface area (Å²) in [5.74, 6) is 0. The van der Waals surface area contributed by atoms with Crippen molar-refractivity contribution in [2.75, 3.05) is 6.61 Å². The van der Waals surface area contributed by atoms with Crippen molar-refractivity contribution in [1.82, 2.24) is 4.57 Å². The van der Waals surface area contributed by atoms with Crippen LogP contribution in [0.25, 0.3) is 10.9 Å². The first-order chi connectivity index (χ1) is 6.84. The molecule has 0 saturated carbocycles. The molecule has 3 rings (SSSR count). The molecule has 0 amide bonds. The van der Waals surface area contributed by atoms with Crippen molar-refractivity contribution in [3.8, 4) is 0 Å². The van der Waals surface area contributed by atoms with Crippen LogP contribution in [-0.4, -0.2) is 11.2 Å². The fourth-order valence-electron chi connectivity index (χ4n) is 2.02. The van der Waals surface area contributed by atoms with Gasteiger partial charge in [-0.15, -0.1) is 0 Å². The van der Waals surface area contributed by atoms with Gasteiger partial charge in [0.1, 0.15) is 0 Å². The quantitative estimate of drug-likeness (QED) is 0.703. The van der Waals surface area contributed by atoms with Gasteiger partial charge >= 0.3 is 0 Å². The Bertz CT molecular complexity index is 489. The smallest absolute Gasteiger partial charge is 0.0869 e. The van der Waals surface area contributed by atoms with E-state index in [1.165, 1.54) is 16.6 Å². The Morgan fingerprint density at radius 3 is 3.14 bits per heavy atom. The van der Waals surface area contributed by atoms with Gasteiger partial charge in [-0.25, -0.2) is 0 Å². The van der Waals surface area contributed by atoms with Gasteiger partial charge in [0.2, 0.25) is 0 Å². The van der Waals surface area contributed by atoms with E-state index in [1.54, 1.807) is 0 Å². The molecule has 0 fully saturated rings. The maximum absolute atomic E-state index is 5.42. The molecule has 1 aliphatic heterocycles. The minimum atomic E-state index is 0.742. The molecule has 0 aliphatic carbocycles. The molecule has 3 heteroatoms. The first-order valence-corrected chi connectivity index (χ1v) is 5.49. The Kier molecular flexibility index (Phi) is 1.89. The molecule has 0 saturated heterocycles. The molecular weight excluding hydrogens is 242 g/mol. The number of fused-ring (bicyclic) bond motifs is 3. The predicted molar refractivity (Wildman–Crippen MR) is 59.3 cm³/mol. The number of hydrogen-bond donors (Lipinski definition) is 0. The van der Waals surface area contributed by atoms with E-state index in [4.69, 9.17) is 4.74 Å². The van der Waals surface area contributed by atoms with Crippen molar-refractivity contribution in [2.45, 2.75) is 13.2 Å². The number of halogens is 1. The summed E-state index contributed by atoms with van der Waals surface area (Å²) in [6, 6.07) is 8.61. The molecule has 2 nitrogen and oxygen atoms in total. The maximum atomic E-state index is 5.42. The SMILES string of the molecule is Brc1ccc2c(c1)cc1n2CCOC1. The molecule has 1 aromatic carbocycles. The fraction of sp³-hybridized carbons (Fsp3) is 0.273. The first-order valence-electron chi connectivity index (χ1n) is 4.70. The zero-order valence-electron chi connectivity index (χ0n) is 7.66. The van der Waals surface area contributed by atoms with Crippen molar-refractivity contribution in [2.24, 2.45) is 0 Å². The molecule has 0 radical (unpaired) electrons. The van der Waals surface area contributed by atoms with Gasteiger partial charge in [-0.1, -0.05) is 15.9 Å². The highest BCUT2D eigenvalue weighted by Gasteiger charge is 2.12. The lowest BCUT2D eigenvalue weighted by atomic mass is 10.2. The van der Waals surface area contributed by atoms with Crippen LogP contribution < -0.4 is 0 Å². The highest BCUT2D eigenvalue weighted by Crippen LogP contribution is 2.25. The normalized spacial score (nSPS) is 15.8. The van der Waals surface area contributed by atoms with Crippen LogP contribution in [0.15, 0.2) is 28.7 Å². The maximum Gasteiger partial charge on any atom is 0.0869 e. The van der Waals surface area contributed by atoms with Crippen molar-refractivity contribution in [3.63, 3.8) is 0 Å². The lowest BCUT2D eigenvalue weighted by Gasteiger charge is -2.16. The molecule has 0 unspecified atom stereocenters. The van der Waals surface area contributed by atoms with Crippen LogP contribution in [0.5, 0.6) is 0 Å². The summed E-state index contributed by atoms with van der Waals surface area (Å²) in [7, 11) is 0. The van der Waals surface area contributed by atoms with E-state index >= 15 is 0 Å². The minimum Gasteiger partial charge on any atom is -0.373 e. The van der Waals surface area contributed by atoms with Gasteiger partial charge in [-0.2, -0.15) is 0 Å². The van der Waals surface area contributed by atoms with Crippen LogP contribution in [0.2, 0.25) is 0 Å². The summed E-state index contributed by atoms with van der Waals surface area (Å²) in [6.07, 6.45) is 0. The summed E-state index contributed by atoms with van der Waals surface area (Å²) < 4.78 is 8.89. The number of ether oxygens (including phenoxy) is 1. The van der Waals surface area contributed by atoms with E-state index in [0.29, 0.717) is 0 Å². The van der Waals surface area contributed by atoms with Gasteiger partial charge in [0.05, 0.1) is 13.2 Å². The Balaban J connectivity index is 2.31. The Morgan fingerprint density at radius 1 is 1.29 bits per heavy atom. The number of hydrogen-bond acceptors (Lipinski definition) is 1. The predicted octanol–water partition coefficient (Wildman–Crippen LogP) is 2.93. The van der Waals surface area contributed by atoms with Crippen molar-refractivity contribution < 1.29 is 4.74 Å². The van der Waals surface area contributed by atoms with Gasteiger partial charge in [0.15, 0.2) is 0 Å². The third-order valence-corrected chi connectivity index (χ3v) is 3.15.